The van der Waals surface area contributed by atoms with Crippen molar-refractivity contribution in [2.75, 3.05) is 20.3 Å². The van der Waals surface area contributed by atoms with Crippen LogP contribution in [0.5, 0.6) is 11.5 Å². The number of amides is 1. The molecule has 1 amide bonds. The molecule has 6 nitrogen and oxygen atoms in total. The Labute approximate surface area is 155 Å². The zero-order valence-corrected chi connectivity index (χ0v) is 15.5. The van der Waals surface area contributed by atoms with Gasteiger partial charge in [-0.05, 0) is 39.2 Å². The van der Waals surface area contributed by atoms with Gasteiger partial charge in [-0.15, -0.1) is 0 Å². The molecule has 0 aliphatic heterocycles. The molecule has 7 heteroatoms. The molecule has 0 aliphatic carbocycles. The smallest absolute Gasteiger partial charge is 0.255 e. The Hall–Kier alpha value is -2.09. The van der Waals surface area contributed by atoms with E-state index in [1.54, 1.807) is 0 Å². The summed E-state index contributed by atoms with van der Waals surface area (Å²) in [6.07, 6.45) is -0.579. The minimum absolute atomic E-state index is 0.226. The third kappa shape index (κ3) is 5.74. The molecule has 25 heavy (non-hydrogen) atoms. The second-order valence-corrected chi connectivity index (χ2v) is 6.28. The Balaban J connectivity index is 1.98. The first-order valence-corrected chi connectivity index (χ1v) is 8.51. The molecule has 4 N–H and O–H groups in total. The number of nitrogens with one attached hydrogen (secondary N) is 1. The Morgan fingerprint density at radius 2 is 2.04 bits per heavy atom. The van der Waals surface area contributed by atoms with Gasteiger partial charge >= 0.3 is 0 Å². The maximum Gasteiger partial charge on any atom is 0.255 e. The molecule has 2 rings (SSSR count). The van der Waals surface area contributed by atoms with Gasteiger partial charge in [-0.3, -0.25) is 4.79 Å². The van der Waals surface area contributed by atoms with Crippen molar-refractivity contribution >= 4 is 21.8 Å². The van der Waals surface area contributed by atoms with E-state index in [0.717, 1.165) is 11.1 Å². The van der Waals surface area contributed by atoms with Crippen LogP contribution >= 0.6 is 15.9 Å². The second kappa shape index (κ2) is 9.41. The summed E-state index contributed by atoms with van der Waals surface area (Å²) in [6, 6.07) is 13.1. The molecule has 0 radical (unpaired) electrons. The number of carbonyl (C=O) groups is 1. The Kier molecular flexibility index (Phi) is 7.24. The molecule has 1 atom stereocenters. The molecule has 0 fully saturated rings. The van der Waals surface area contributed by atoms with Crippen LogP contribution in [0.15, 0.2) is 46.9 Å². The molecule has 134 valence electrons. The summed E-state index contributed by atoms with van der Waals surface area (Å²) in [7, 11) is 1.52. The van der Waals surface area contributed by atoms with E-state index in [2.05, 4.69) is 21.2 Å². The van der Waals surface area contributed by atoms with Gasteiger partial charge in [-0.25, -0.2) is 0 Å². The van der Waals surface area contributed by atoms with Crippen molar-refractivity contribution < 1.29 is 19.4 Å². The van der Waals surface area contributed by atoms with Gasteiger partial charge in [0, 0.05) is 13.1 Å². The van der Waals surface area contributed by atoms with Crippen molar-refractivity contribution in [1.82, 2.24) is 5.32 Å². The predicted octanol–water partition coefficient (Wildman–Crippen LogP) is 2.14. The molecule has 0 aromatic heterocycles. The normalized spacial score (nSPS) is 11.8. The van der Waals surface area contributed by atoms with Crippen molar-refractivity contribution in [3.8, 4) is 11.5 Å². The summed E-state index contributed by atoms with van der Waals surface area (Å²) in [4.78, 5) is 10.9. The van der Waals surface area contributed by atoms with E-state index in [4.69, 9.17) is 15.2 Å². The first kappa shape index (κ1) is 19.2. The third-order valence-electron chi connectivity index (χ3n) is 3.50. The number of carbonyl (C=O) groups excluding carboxylic acids is 1. The van der Waals surface area contributed by atoms with Crippen LogP contribution in [0.3, 0.4) is 0 Å². The van der Waals surface area contributed by atoms with Gasteiger partial charge in [0.2, 0.25) is 0 Å². The number of ether oxygens (including phenoxy) is 2. The summed E-state index contributed by atoms with van der Waals surface area (Å²) in [5.74, 6) is 0.361. The zero-order chi connectivity index (χ0) is 18.2. The Morgan fingerprint density at radius 1 is 1.32 bits per heavy atom. The standard InChI is InChI=1S/C18H21BrN2O4/c1-24-16-8-12(7-14(19)18(16)25-11-17(20)23)9-21-10-15(22)13-5-3-2-4-6-13/h2-8,15,21-22H,9-11H2,1H3,(H2,20,23)/t15-/m1/s1. The number of rotatable bonds is 9. The summed E-state index contributed by atoms with van der Waals surface area (Å²) in [5, 5.41) is 13.4. The fraction of sp³-hybridized carbons (Fsp3) is 0.278. The van der Waals surface area contributed by atoms with Crippen molar-refractivity contribution in [3.63, 3.8) is 0 Å². The lowest BCUT2D eigenvalue weighted by Crippen LogP contribution is -2.21. The zero-order valence-electron chi connectivity index (χ0n) is 13.9. The number of hydrogen-bond donors (Lipinski definition) is 3. The van der Waals surface area contributed by atoms with Crippen LogP contribution in [0.4, 0.5) is 0 Å². The maximum atomic E-state index is 10.9. The van der Waals surface area contributed by atoms with Crippen LogP contribution < -0.4 is 20.5 Å². The predicted molar refractivity (Wildman–Crippen MR) is 98.5 cm³/mol. The fourth-order valence-corrected chi connectivity index (χ4v) is 2.91. The van der Waals surface area contributed by atoms with Crippen molar-refractivity contribution in [2.24, 2.45) is 5.73 Å². The molecule has 0 heterocycles. The number of aliphatic hydroxyl groups is 1. The molecule has 0 unspecified atom stereocenters. The first-order chi connectivity index (χ1) is 12.0. The van der Waals surface area contributed by atoms with E-state index in [-0.39, 0.29) is 6.61 Å². The summed E-state index contributed by atoms with van der Waals surface area (Å²) in [6.45, 7) is 0.731. The van der Waals surface area contributed by atoms with Crippen molar-refractivity contribution in [3.05, 3.63) is 58.1 Å². The van der Waals surface area contributed by atoms with Crippen molar-refractivity contribution in [1.29, 1.82) is 0 Å². The summed E-state index contributed by atoms with van der Waals surface area (Å²) in [5.41, 5.74) is 6.91. The van der Waals surface area contributed by atoms with Gasteiger partial charge in [-0.2, -0.15) is 0 Å². The lowest BCUT2D eigenvalue weighted by atomic mass is 10.1. The van der Waals surface area contributed by atoms with Gasteiger partial charge < -0.3 is 25.6 Å². The molecule has 0 spiro atoms. The van der Waals surface area contributed by atoms with Gasteiger partial charge in [0.05, 0.1) is 17.7 Å². The molecule has 0 bridgehead atoms. The van der Waals surface area contributed by atoms with Gasteiger partial charge in [0.15, 0.2) is 18.1 Å². The Bertz CT molecular complexity index is 710. The van der Waals surface area contributed by atoms with Crippen LogP contribution in [0.25, 0.3) is 0 Å². The maximum absolute atomic E-state index is 10.9. The molecular weight excluding hydrogens is 388 g/mol. The third-order valence-corrected chi connectivity index (χ3v) is 4.09. The van der Waals surface area contributed by atoms with Gasteiger partial charge in [-0.1, -0.05) is 30.3 Å². The number of hydrogen-bond acceptors (Lipinski definition) is 5. The molecule has 0 aliphatic rings. The number of benzene rings is 2. The molecule has 0 saturated carbocycles. The lowest BCUT2D eigenvalue weighted by Gasteiger charge is -2.15. The highest BCUT2D eigenvalue weighted by molar-refractivity contribution is 9.10. The van der Waals surface area contributed by atoms with Crippen LogP contribution in [-0.2, 0) is 11.3 Å². The number of methoxy groups -OCH3 is 1. The van der Waals surface area contributed by atoms with E-state index >= 15 is 0 Å². The van der Waals surface area contributed by atoms with E-state index in [0.29, 0.717) is 29.1 Å². The highest BCUT2D eigenvalue weighted by Crippen LogP contribution is 2.36. The Morgan fingerprint density at radius 3 is 2.68 bits per heavy atom. The highest BCUT2D eigenvalue weighted by Gasteiger charge is 2.13. The molecule has 2 aromatic carbocycles. The molecule has 2 aromatic rings. The van der Waals surface area contributed by atoms with Crippen molar-refractivity contribution in [2.45, 2.75) is 12.6 Å². The number of nitrogens with two attached hydrogens (primary N) is 1. The van der Waals surface area contributed by atoms with E-state index < -0.39 is 12.0 Å². The van der Waals surface area contributed by atoms with Crippen LogP contribution in [-0.4, -0.2) is 31.3 Å². The van der Waals surface area contributed by atoms with Gasteiger partial charge in [0.1, 0.15) is 0 Å². The average Bonchev–Trinajstić information content (AvgIpc) is 2.60. The van der Waals surface area contributed by atoms with Gasteiger partial charge in [0.25, 0.3) is 5.91 Å². The van der Waals surface area contributed by atoms with E-state index in [1.165, 1.54) is 7.11 Å². The van der Waals surface area contributed by atoms with Crippen LogP contribution in [0, 0.1) is 0 Å². The first-order valence-electron chi connectivity index (χ1n) is 7.72. The topological polar surface area (TPSA) is 93.8 Å². The fourth-order valence-electron chi connectivity index (χ4n) is 2.30. The van der Waals surface area contributed by atoms with Crippen LogP contribution in [0.1, 0.15) is 17.2 Å². The molecular formula is C18H21BrN2O4. The van der Waals surface area contributed by atoms with E-state index in [9.17, 15) is 9.90 Å². The minimum Gasteiger partial charge on any atom is -0.493 e. The number of aliphatic hydroxyl groups excluding tert-OH is 1. The number of halogens is 1. The molecule has 0 saturated heterocycles. The largest absolute Gasteiger partial charge is 0.493 e. The monoisotopic (exact) mass is 408 g/mol. The summed E-state index contributed by atoms with van der Waals surface area (Å²) < 4.78 is 11.3. The SMILES string of the molecule is COc1cc(CNC[C@@H](O)c2ccccc2)cc(Br)c1OCC(N)=O. The van der Waals surface area contributed by atoms with E-state index in [1.807, 2.05) is 42.5 Å². The van der Waals surface area contributed by atoms with Crippen LogP contribution in [0.2, 0.25) is 0 Å². The lowest BCUT2D eigenvalue weighted by molar-refractivity contribution is -0.119. The average molecular weight is 409 g/mol. The number of primary amides is 1. The summed E-state index contributed by atoms with van der Waals surface area (Å²) >= 11 is 3.41. The quantitative estimate of drug-likeness (QED) is 0.590. The minimum atomic E-state index is -0.579. The second-order valence-electron chi connectivity index (χ2n) is 5.42. The highest BCUT2D eigenvalue weighted by atomic mass is 79.9.